The molecule has 0 aromatic carbocycles. The summed E-state index contributed by atoms with van der Waals surface area (Å²) in [4.78, 5) is 2.31. The maximum atomic E-state index is 5.89. The third kappa shape index (κ3) is 4.35. The number of rotatable bonds is 5. The SMILES string of the molecule is CCN(CC)C[Si]1(OC)OCCSCCO1. The number of hydrogen-bond acceptors (Lipinski definition) is 5. The first-order valence-electron chi connectivity index (χ1n) is 5.89. The Labute approximate surface area is 104 Å². The van der Waals surface area contributed by atoms with Gasteiger partial charge in [0, 0.05) is 31.8 Å². The average molecular weight is 265 g/mol. The van der Waals surface area contributed by atoms with Gasteiger partial charge in [-0.05, 0) is 13.1 Å². The fourth-order valence-corrected chi connectivity index (χ4v) is 5.00. The molecule has 0 saturated carbocycles. The highest BCUT2D eigenvalue weighted by Crippen LogP contribution is 2.16. The molecule has 1 rings (SSSR count). The van der Waals surface area contributed by atoms with Crippen LogP contribution in [0.15, 0.2) is 0 Å². The van der Waals surface area contributed by atoms with Crippen LogP contribution in [0.1, 0.15) is 13.8 Å². The topological polar surface area (TPSA) is 30.9 Å². The molecule has 0 bridgehead atoms. The van der Waals surface area contributed by atoms with Crippen LogP contribution < -0.4 is 0 Å². The first-order valence-corrected chi connectivity index (χ1v) is 8.98. The Hall–Kier alpha value is 0.407. The monoisotopic (exact) mass is 265 g/mol. The van der Waals surface area contributed by atoms with Crippen LogP contribution in [-0.2, 0) is 13.3 Å². The van der Waals surface area contributed by atoms with Crippen molar-refractivity contribution in [3.05, 3.63) is 0 Å². The molecule has 1 aliphatic rings. The molecule has 0 aromatic rings. The molecule has 96 valence electrons. The molecule has 0 aromatic heterocycles. The highest BCUT2D eigenvalue weighted by molar-refractivity contribution is 7.99. The second kappa shape index (κ2) is 7.68. The van der Waals surface area contributed by atoms with Crippen LogP contribution in [-0.4, -0.2) is 64.8 Å². The molecule has 1 aliphatic heterocycles. The Morgan fingerprint density at radius 1 is 1.19 bits per heavy atom. The van der Waals surface area contributed by atoms with E-state index in [0.717, 1.165) is 44.0 Å². The molecule has 0 spiro atoms. The first-order chi connectivity index (χ1) is 7.76. The molecule has 0 atom stereocenters. The molecule has 4 nitrogen and oxygen atoms in total. The Morgan fingerprint density at radius 2 is 1.75 bits per heavy atom. The van der Waals surface area contributed by atoms with Crippen molar-refractivity contribution in [2.24, 2.45) is 0 Å². The zero-order valence-electron chi connectivity index (χ0n) is 10.5. The summed E-state index contributed by atoms with van der Waals surface area (Å²) < 4.78 is 17.4. The smallest absolute Gasteiger partial charge is 0.376 e. The van der Waals surface area contributed by atoms with E-state index in [-0.39, 0.29) is 0 Å². The lowest BCUT2D eigenvalue weighted by atomic mass is 10.6. The lowest BCUT2D eigenvalue weighted by molar-refractivity contribution is 0.0716. The van der Waals surface area contributed by atoms with Crippen LogP contribution in [0.25, 0.3) is 0 Å². The standard InChI is InChI=1S/C10H23NO3SSi/c1-4-11(5-2)10-16(12-3)13-6-8-15-9-7-14-16/h4-10H2,1-3H3. The number of nitrogens with zero attached hydrogens (tertiary/aromatic N) is 1. The van der Waals surface area contributed by atoms with E-state index in [1.165, 1.54) is 0 Å². The van der Waals surface area contributed by atoms with Gasteiger partial charge in [-0.25, -0.2) is 0 Å². The van der Waals surface area contributed by atoms with E-state index in [1.54, 1.807) is 7.11 Å². The zero-order chi connectivity index (χ0) is 11.9. The molecule has 0 aliphatic carbocycles. The predicted octanol–water partition coefficient (Wildman–Crippen LogP) is 1.23. The van der Waals surface area contributed by atoms with Gasteiger partial charge in [0.25, 0.3) is 0 Å². The quantitative estimate of drug-likeness (QED) is 0.698. The second-order valence-corrected chi connectivity index (χ2v) is 7.55. The molecule has 1 heterocycles. The summed E-state index contributed by atoms with van der Waals surface area (Å²) in [5.41, 5.74) is 0. The maximum absolute atomic E-state index is 5.89. The first kappa shape index (κ1) is 14.5. The molecule has 0 amide bonds. The summed E-state index contributed by atoms with van der Waals surface area (Å²) in [6, 6.07) is 0. The number of hydrogen-bond donors (Lipinski definition) is 0. The largest absolute Gasteiger partial charge is 0.515 e. The van der Waals surface area contributed by atoms with Gasteiger partial charge in [-0.15, -0.1) is 0 Å². The molecular weight excluding hydrogens is 242 g/mol. The number of thioether (sulfide) groups is 1. The summed E-state index contributed by atoms with van der Waals surface area (Å²) in [5.74, 6) is 2.08. The predicted molar refractivity (Wildman–Crippen MR) is 69.8 cm³/mol. The van der Waals surface area contributed by atoms with E-state index in [2.05, 4.69) is 18.7 Å². The van der Waals surface area contributed by atoms with Crippen molar-refractivity contribution in [2.45, 2.75) is 13.8 Å². The fraction of sp³-hybridized carbons (Fsp3) is 1.00. The molecule has 0 N–H and O–H groups in total. The van der Waals surface area contributed by atoms with Gasteiger partial charge in [-0.2, -0.15) is 11.8 Å². The van der Waals surface area contributed by atoms with Crippen LogP contribution in [0.3, 0.4) is 0 Å². The van der Waals surface area contributed by atoms with Crippen LogP contribution in [0, 0.1) is 0 Å². The molecule has 6 heteroatoms. The maximum Gasteiger partial charge on any atom is 0.515 e. The summed E-state index contributed by atoms with van der Waals surface area (Å²) in [7, 11) is -0.719. The second-order valence-electron chi connectivity index (χ2n) is 3.66. The Kier molecular flexibility index (Phi) is 6.94. The van der Waals surface area contributed by atoms with E-state index in [9.17, 15) is 0 Å². The normalized spacial score (nSPS) is 21.8. The van der Waals surface area contributed by atoms with Gasteiger partial charge in [-0.3, -0.25) is 4.90 Å². The molecule has 16 heavy (non-hydrogen) atoms. The van der Waals surface area contributed by atoms with Gasteiger partial charge in [0.1, 0.15) is 0 Å². The van der Waals surface area contributed by atoms with E-state index in [4.69, 9.17) is 13.3 Å². The average Bonchev–Trinajstić information content (AvgIpc) is 2.29. The van der Waals surface area contributed by atoms with E-state index in [0.29, 0.717) is 0 Å². The van der Waals surface area contributed by atoms with Gasteiger partial charge >= 0.3 is 8.80 Å². The highest BCUT2D eigenvalue weighted by Gasteiger charge is 2.42. The van der Waals surface area contributed by atoms with Crippen LogP contribution in [0.5, 0.6) is 0 Å². The molecule has 1 saturated heterocycles. The molecule has 0 unspecified atom stereocenters. The highest BCUT2D eigenvalue weighted by atomic mass is 32.2. The lowest BCUT2D eigenvalue weighted by Crippen LogP contribution is -2.55. The third-order valence-corrected chi connectivity index (χ3v) is 6.38. The molecule has 1 fully saturated rings. The van der Waals surface area contributed by atoms with Crippen LogP contribution >= 0.6 is 11.8 Å². The van der Waals surface area contributed by atoms with Crippen molar-refractivity contribution in [3.8, 4) is 0 Å². The van der Waals surface area contributed by atoms with Crippen molar-refractivity contribution in [2.75, 3.05) is 51.1 Å². The minimum atomic E-state index is -2.43. The lowest BCUT2D eigenvalue weighted by Gasteiger charge is -2.33. The van der Waals surface area contributed by atoms with Gasteiger partial charge in [0.2, 0.25) is 0 Å². The Bertz CT molecular complexity index is 185. The van der Waals surface area contributed by atoms with Crippen LogP contribution in [0.2, 0.25) is 0 Å². The Balaban J connectivity index is 2.57. The zero-order valence-corrected chi connectivity index (χ0v) is 12.3. The summed E-state index contributed by atoms with van der Waals surface area (Å²) >= 11 is 1.87. The van der Waals surface area contributed by atoms with Crippen LogP contribution in [0.4, 0.5) is 0 Å². The van der Waals surface area contributed by atoms with Gasteiger partial charge in [-0.1, -0.05) is 13.8 Å². The van der Waals surface area contributed by atoms with Gasteiger partial charge < -0.3 is 13.3 Å². The minimum absolute atomic E-state index is 0.742. The van der Waals surface area contributed by atoms with Gasteiger partial charge in [0.15, 0.2) is 0 Å². The van der Waals surface area contributed by atoms with Crippen molar-refractivity contribution in [1.82, 2.24) is 4.90 Å². The summed E-state index contributed by atoms with van der Waals surface area (Å²) in [5, 5.41) is 0. The Morgan fingerprint density at radius 3 is 2.19 bits per heavy atom. The molecule has 0 radical (unpaired) electrons. The van der Waals surface area contributed by atoms with Gasteiger partial charge in [0.05, 0.1) is 6.17 Å². The fourth-order valence-electron chi connectivity index (χ4n) is 1.65. The summed E-state index contributed by atoms with van der Waals surface area (Å²) in [6.45, 7) is 7.81. The van der Waals surface area contributed by atoms with E-state index < -0.39 is 8.80 Å². The third-order valence-electron chi connectivity index (χ3n) is 2.72. The van der Waals surface area contributed by atoms with Crippen molar-refractivity contribution < 1.29 is 13.3 Å². The van der Waals surface area contributed by atoms with Crippen molar-refractivity contribution in [3.63, 3.8) is 0 Å². The minimum Gasteiger partial charge on any atom is -0.376 e. The van der Waals surface area contributed by atoms with Crippen molar-refractivity contribution >= 4 is 20.6 Å². The van der Waals surface area contributed by atoms with Crippen molar-refractivity contribution in [1.29, 1.82) is 0 Å². The van der Waals surface area contributed by atoms with E-state index >= 15 is 0 Å². The van der Waals surface area contributed by atoms with E-state index in [1.807, 2.05) is 11.8 Å². The molecular formula is C10H23NO3SSi. The summed E-state index contributed by atoms with van der Waals surface area (Å²) in [6.07, 6.45) is 0.807.